The number of rotatable bonds is 6. The van der Waals surface area contributed by atoms with Crippen molar-refractivity contribution in [3.63, 3.8) is 0 Å². The van der Waals surface area contributed by atoms with Gasteiger partial charge in [0.1, 0.15) is 21.3 Å². The summed E-state index contributed by atoms with van der Waals surface area (Å²) in [6, 6.07) is 0.899. The molecule has 0 amide bonds. The lowest BCUT2D eigenvalue weighted by molar-refractivity contribution is -1.36. The summed E-state index contributed by atoms with van der Waals surface area (Å²) in [5.41, 5.74) is 0. The number of hydrogen-bond donors (Lipinski definition) is 0. The molecule has 73 valence electrons. The van der Waals surface area contributed by atoms with Crippen molar-refractivity contribution in [2.24, 2.45) is 0 Å². The van der Waals surface area contributed by atoms with Gasteiger partial charge in [-0.3, -0.25) is 0 Å². The zero-order valence-corrected chi connectivity index (χ0v) is 9.43. The van der Waals surface area contributed by atoms with Crippen LogP contribution in [0, 0.1) is 0 Å². The van der Waals surface area contributed by atoms with Gasteiger partial charge < -0.3 is 12.4 Å². The average molecular weight is 213 g/mol. The van der Waals surface area contributed by atoms with E-state index in [4.69, 9.17) is 14.5 Å². The Balaban J connectivity index is 0. The highest BCUT2D eigenvalue weighted by Gasteiger charge is 2.29. The predicted molar refractivity (Wildman–Crippen MR) is 41.3 cm³/mol. The van der Waals surface area contributed by atoms with Crippen LogP contribution in [0.15, 0.2) is 0 Å². The molecule has 0 aromatic rings. The van der Waals surface area contributed by atoms with Gasteiger partial charge in [0.25, 0.3) is 0 Å². The van der Waals surface area contributed by atoms with Gasteiger partial charge in [0, 0.05) is 16.7 Å². The normalized spacial score (nSPS) is 11.0. The molecule has 3 radical (unpaired) electrons. The molecule has 0 heterocycles. The standard InChI is InChI=1S/C6H15NO3Si.ClH/c1-8-7(9-2,10-3)5-4-6-11;/h4-6H2,1-3H3;1H/q+1;/p-1. The van der Waals surface area contributed by atoms with Crippen LogP contribution < -0.4 is 12.4 Å². The van der Waals surface area contributed by atoms with Crippen LogP contribution in [-0.2, 0) is 14.5 Å². The molecule has 0 atom stereocenters. The van der Waals surface area contributed by atoms with Crippen molar-refractivity contribution in [3.05, 3.63) is 0 Å². The Kier molecular flexibility index (Phi) is 9.86. The number of nitrogens with zero attached hydrogens (tertiary/aromatic N) is 1. The second kappa shape index (κ2) is 7.97. The molecule has 12 heavy (non-hydrogen) atoms. The van der Waals surface area contributed by atoms with E-state index in [0.29, 0.717) is 6.54 Å². The van der Waals surface area contributed by atoms with Gasteiger partial charge in [-0.2, -0.15) is 0 Å². The molecular weight excluding hydrogens is 198 g/mol. The van der Waals surface area contributed by atoms with Gasteiger partial charge in [0.15, 0.2) is 6.54 Å². The second-order valence-corrected chi connectivity index (χ2v) is 2.49. The number of hydroxylamine groups is 3. The topological polar surface area (TPSA) is 27.7 Å². The molecule has 0 N–H and O–H groups in total. The van der Waals surface area contributed by atoms with Crippen LogP contribution in [0.2, 0.25) is 6.04 Å². The molecule has 0 aliphatic heterocycles. The molecule has 0 aliphatic rings. The van der Waals surface area contributed by atoms with Crippen LogP contribution >= 0.6 is 0 Å². The molecule has 0 saturated heterocycles. The lowest BCUT2D eigenvalue weighted by Crippen LogP contribution is -3.00. The van der Waals surface area contributed by atoms with Crippen LogP contribution in [-0.4, -0.2) is 43.1 Å². The highest BCUT2D eigenvalue weighted by atomic mass is 35.5. The van der Waals surface area contributed by atoms with Crippen LogP contribution in [0.25, 0.3) is 0 Å². The van der Waals surface area contributed by atoms with Gasteiger partial charge in [-0.1, -0.05) is 6.04 Å². The highest BCUT2D eigenvalue weighted by Crippen LogP contribution is 2.09. The minimum absolute atomic E-state index is 0. The summed E-state index contributed by atoms with van der Waals surface area (Å²) in [5.74, 6) is 0. The molecule has 0 aromatic carbocycles. The number of hydrogen-bond acceptors (Lipinski definition) is 3. The van der Waals surface area contributed by atoms with Crippen LogP contribution in [0.4, 0.5) is 0 Å². The third-order valence-corrected chi connectivity index (χ3v) is 1.80. The van der Waals surface area contributed by atoms with Crippen molar-refractivity contribution in [1.82, 2.24) is 0 Å². The maximum absolute atomic E-state index is 5.01. The third kappa shape index (κ3) is 4.39. The monoisotopic (exact) mass is 212 g/mol. The van der Waals surface area contributed by atoms with Crippen molar-refractivity contribution < 1.29 is 31.9 Å². The van der Waals surface area contributed by atoms with Crippen LogP contribution in [0.1, 0.15) is 6.42 Å². The summed E-state index contributed by atoms with van der Waals surface area (Å²) in [7, 11) is 7.98. The lowest BCUT2D eigenvalue weighted by atomic mass is 10.5. The first-order chi connectivity index (χ1) is 5.24. The molecule has 0 bridgehead atoms. The van der Waals surface area contributed by atoms with Crippen LogP contribution in [0.5, 0.6) is 0 Å². The van der Waals surface area contributed by atoms with Crippen molar-refractivity contribution in [2.45, 2.75) is 12.5 Å². The molecule has 0 aliphatic carbocycles. The summed E-state index contributed by atoms with van der Waals surface area (Å²) >= 11 is 0. The molecule has 0 saturated carbocycles. The Hall–Kier alpha value is 0.347. The minimum atomic E-state index is -0.218. The summed E-state index contributed by atoms with van der Waals surface area (Å²) in [5, 5.41) is 0. The van der Waals surface area contributed by atoms with Crippen molar-refractivity contribution in [1.29, 1.82) is 0 Å². The first-order valence-electron chi connectivity index (χ1n) is 3.44. The summed E-state index contributed by atoms with van der Waals surface area (Å²) < 4.78 is 0. The Morgan fingerprint density at radius 1 is 1.08 bits per heavy atom. The first kappa shape index (κ1) is 14.8. The van der Waals surface area contributed by atoms with Gasteiger partial charge in [0.2, 0.25) is 0 Å². The van der Waals surface area contributed by atoms with Gasteiger partial charge in [-0.25, -0.2) is 0 Å². The third-order valence-electron chi connectivity index (χ3n) is 1.44. The molecule has 0 rings (SSSR count). The minimum Gasteiger partial charge on any atom is -1.00 e. The largest absolute Gasteiger partial charge is 1.00 e. The summed E-state index contributed by atoms with van der Waals surface area (Å²) in [4.78, 5) is 14.8. The Labute approximate surface area is 83.1 Å². The Bertz CT molecular complexity index is 94.5. The van der Waals surface area contributed by atoms with Crippen LogP contribution in [0.3, 0.4) is 0 Å². The molecule has 0 unspecified atom stereocenters. The Morgan fingerprint density at radius 2 is 1.50 bits per heavy atom. The summed E-state index contributed by atoms with van der Waals surface area (Å²) in [6.45, 7) is 0.660. The van der Waals surface area contributed by atoms with E-state index in [1.54, 1.807) is 21.3 Å². The van der Waals surface area contributed by atoms with E-state index in [9.17, 15) is 0 Å². The number of quaternary nitrogens is 1. The lowest BCUT2D eigenvalue weighted by Gasteiger charge is -2.24. The maximum atomic E-state index is 5.01. The zero-order valence-electron chi connectivity index (χ0n) is 7.67. The molecule has 4 nitrogen and oxygen atoms in total. The van der Waals surface area contributed by atoms with E-state index in [-0.39, 0.29) is 17.4 Å². The van der Waals surface area contributed by atoms with E-state index in [1.165, 1.54) is 0 Å². The Morgan fingerprint density at radius 3 is 1.75 bits per heavy atom. The predicted octanol–water partition coefficient (Wildman–Crippen LogP) is -2.53. The van der Waals surface area contributed by atoms with Crippen molar-refractivity contribution in [2.75, 3.05) is 27.9 Å². The molecular formula is C6H15ClNO3Si. The smallest absolute Gasteiger partial charge is 0.178 e. The van der Waals surface area contributed by atoms with E-state index in [0.717, 1.165) is 12.5 Å². The fraction of sp³-hybridized carbons (Fsp3) is 1.00. The summed E-state index contributed by atoms with van der Waals surface area (Å²) in [6.07, 6.45) is 0.923. The van der Waals surface area contributed by atoms with E-state index >= 15 is 0 Å². The SMILES string of the molecule is CO[N+](CCC[Si])(OC)OC.[Cl-]. The fourth-order valence-corrected chi connectivity index (χ4v) is 0.928. The van der Waals surface area contributed by atoms with E-state index in [1.807, 2.05) is 0 Å². The average Bonchev–Trinajstić information content (AvgIpc) is 2.08. The number of halogens is 1. The van der Waals surface area contributed by atoms with Gasteiger partial charge in [-0.15, -0.1) is 14.5 Å². The second-order valence-electron chi connectivity index (χ2n) is 1.99. The quantitative estimate of drug-likeness (QED) is 0.276. The highest BCUT2D eigenvalue weighted by molar-refractivity contribution is 6.08. The van der Waals surface area contributed by atoms with Gasteiger partial charge in [0.05, 0.1) is 4.97 Å². The van der Waals surface area contributed by atoms with Gasteiger partial charge in [-0.05, 0) is 0 Å². The molecule has 0 fully saturated rings. The van der Waals surface area contributed by atoms with E-state index in [2.05, 4.69) is 10.2 Å². The van der Waals surface area contributed by atoms with E-state index < -0.39 is 0 Å². The van der Waals surface area contributed by atoms with Crippen molar-refractivity contribution in [3.8, 4) is 0 Å². The maximum Gasteiger partial charge on any atom is 0.178 e. The molecule has 0 aromatic heterocycles. The van der Waals surface area contributed by atoms with Crippen molar-refractivity contribution >= 4 is 10.2 Å². The first-order valence-corrected chi connectivity index (χ1v) is 4.15. The zero-order chi connectivity index (χ0) is 8.74. The fourth-order valence-electron chi connectivity index (χ4n) is 0.770. The molecule has 0 spiro atoms. The van der Waals surface area contributed by atoms with Gasteiger partial charge >= 0.3 is 0 Å². The molecule has 6 heteroatoms.